The van der Waals surface area contributed by atoms with Gasteiger partial charge in [-0.2, -0.15) is 0 Å². The van der Waals surface area contributed by atoms with E-state index < -0.39 is 10.0 Å². The maximum atomic E-state index is 13.3. The molecule has 0 fully saturated rings. The fourth-order valence-corrected chi connectivity index (χ4v) is 5.21. The lowest BCUT2D eigenvalue weighted by atomic mass is 9.96. The predicted molar refractivity (Wildman–Crippen MR) is 119 cm³/mol. The normalized spacial score (nSPS) is 17.5. The smallest absolute Gasteiger partial charge is 0.264 e. The fourth-order valence-electron chi connectivity index (χ4n) is 3.38. The lowest BCUT2D eigenvalue weighted by molar-refractivity contribution is 0.144. The van der Waals surface area contributed by atoms with E-state index in [1.54, 1.807) is 13.1 Å². The van der Waals surface area contributed by atoms with Gasteiger partial charge in [0.2, 0.25) is 0 Å². The van der Waals surface area contributed by atoms with E-state index in [1.165, 1.54) is 4.31 Å². The Kier molecular flexibility index (Phi) is 7.19. The van der Waals surface area contributed by atoms with Gasteiger partial charge in [0, 0.05) is 26.3 Å². The standard InChI is InChI=1S/C20H25IN2O4S/c1-3-26-12-6-11-22-20-16-7-4-5-8-18(16)23(2)28(24,25)19-13-15(27-14-21)9-10-17(19)20/h4-5,7-10,13,20,22H,3,6,11-12,14H2,1-2H3. The molecule has 0 saturated carbocycles. The lowest BCUT2D eigenvalue weighted by Gasteiger charge is -2.22. The van der Waals surface area contributed by atoms with Crippen LogP contribution >= 0.6 is 22.6 Å². The molecule has 6 nitrogen and oxygen atoms in total. The number of rotatable bonds is 8. The Morgan fingerprint density at radius 1 is 1.18 bits per heavy atom. The number of benzene rings is 2. The molecular weight excluding hydrogens is 491 g/mol. The van der Waals surface area contributed by atoms with Gasteiger partial charge in [0.05, 0.1) is 16.6 Å². The molecule has 8 heteroatoms. The van der Waals surface area contributed by atoms with Crippen molar-refractivity contribution in [2.24, 2.45) is 0 Å². The zero-order valence-electron chi connectivity index (χ0n) is 16.0. The summed E-state index contributed by atoms with van der Waals surface area (Å²) >= 11 is 2.09. The molecule has 0 amide bonds. The summed E-state index contributed by atoms with van der Waals surface area (Å²) in [5.74, 6) is 0.547. The molecule has 0 spiro atoms. The average Bonchev–Trinajstić information content (AvgIpc) is 2.76. The monoisotopic (exact) mass is 516 g/mol. The third-order valence-electron chi connectivity index (χ3n) is 4.76. The van der Waals surface area contributed by atoms with Crippen LogP contribution in [0.3, 0.4) is 0 Å². The molecule has 3 rings (SSSR count). The van der Waals surface area contributed by atoms with Crippen molar-refractivity contribution >= 4 is 38.3 Å². The van der Waals surface area contributed by atoms with Crippen molar-refractivity contribution in [3.63, 3.8) is 0 Å². The lowest BCUT2D eigenvalue weighted by Crippen LogP contribution is -2.26. The van der Waals surface area contributed by atoms with Gasteiger partial charge in [-0.15, -0.1) is 0 Å². The number of hydrogen-bond donors (Lipinski definition) is 1. The van der Waals surface area contributed by atoms with E-state index in [1.807, 2.05) is 43.3 Å². The molecule has 2 aromatic carbocycles. The second-order valence-corrected chi connectivity index (χ2v) is 8.98. The average molecular weight is 516 g/mol. The zero-order valence-corrected chi connectivity index (χ0v) is 19.0. The molecule has 152 valence electrons. The van der Waals surface area contributed by atoms with E-state index >= 15 is 0 Å². The molecular formula is C20H25IN2O4S. The molecule has 1 aliphatic heterocycles. The van der Waals surface area contributed by atoms with E-state index in [2.05, 4.69) is 27.9 Å². The molecule has 1 unspecified atom stereocenters. The Balaban J connectivity index is 2.07. The maximum Gasteiger partial charge on any atom is 0.264 e. The van der Waals surface area contributed by atoms with Crippen LogP contribution in [0.1, 0.15) is 30.5 Å². The molecule has 1 aliphatic rings. The summed E-state index contributed by atoms with van der Waals surface area (Å²) in [5, 5.41) is 3.53. The topological polar surface area (TPSA) is 67.9 Å². The first kappa shape index (κ1) is 21.4. The summed E-state index contributed by atoms with van der Waals surface area (Å²) in [5.41, 5.74) is 2.35. The zero-order chi connectivity index (χ0) is 20.1. The third-order valence-corrected chi connectivity index (χ3v) is 6.90. The molecule has 0 aliphatic carbocycles. The van der Waals surface area contributed by atoms with E-state index in [9.17, 15) is 8.42 Å². The summed E-state index contributed by atoms with van der Waals surface area (Å²) in [6.07, 6.45) is 0.848. The largest absolute Gasteiger partial charge is 0.483 e. The quantitative estimate of drug-likeness (QED) is 0.329. The van der Waals surface area contributed by atoms with Gasteiger partial charge < -0.3 is 14.8 Å². The van der Waals surface area contributed by atoms with Crippen LogP contribution in [0.15, 0.2) is 47.4 Å². The summed E-state index contributed by atoms with van der Waals surface area (Å²) in [6.45, 7) is 4.05. The number of ether oxygens (including phenoxy) is 2. The Hall–Kier alpha value is -1.36. The first-order chi connectivity index (χ1) is 13.5. The Bertz CT molecular complexity index is 920. The molecule has 1 N–H and O–H groups in total. The summed E-state index contributed by atoms with van der Waals surface area (Å²) < 4.78 is 39.4. The fraction of sp³-hybridized carbons (Fsp3) is 0.400. The van der Waals surface area contributed by atoms with Crippen LogP contribution in [0.2, 0.25) is 0 Å². The molecule has 1 heterocycles. The van der Waals surface area contributed by atoms with Crippen LogP contribution in [0.4, 0.5) is 5.69 Å². The number of halogens is 1. The summed E-state index contributed by atoms with van der Waals surface area (Å²) in [4.78, 5) is 0.274. The molecule has 0 saturated heterocycles. The van der Waals surface area contributed by atoms with Crippen molar-refractivity contribution in [1.82, 2.24) is 5.32 Å². The first-order valence-corrected chi connectivity index (χ1v) is 12.2. The predicted octanol–water partition coefficient (Wildman–Crippen LogP) is 3.70. The van der Waals surface area contributed by atoms with Crippen molar-refractivity contribution in [3.05, 3.63) is 53.6 Å². The maximum absolute atomic E-state index is 13.3. The SMILES string of the molecule is CCOCCCNC1c2ccccc2N(C)S(=O)(=O)c2cc(OCI)ccc21. The highest BCUT2D eigenvalue weighted by Crippen LogP contribution is 2.41. The second-order valence-electron chi connectivity index (χ2n) is 6.42. The third kappa shape index (κ3) is 4.29. The van der Waals surface area contributed by atoms with Gasteiger partial charge in [-0.05, 0) is 65.7 Å². The Labute approximate surface area is 180 Å². The van der Waals surface area contributed by atoms with Gasteiger partial charge in [0.15, 0.2) is 0 Å². The minimum absolute atomic E-state index is 0.235. The van der Waals surface area contributed by atoms with Gasteiger partial charge in [0.1, 0.15) is 10.4 Å². The van der Waals surface area contributed by atoms with E-state index in [0.717, 1.165) is 17.5 Å². The van der Waals surface area contributed by atoms with Gasteiger partial charge in [-0.1, -0.05) is 24.3 Å². The number of para-hydroxylation sites is 1. The van der Waals surface area contributed by atoms with Gasteiger partial charge >= 0.3 is 0 Å². The van der Waals surface area contributed by atoms with Crippen LogP contribution in [0, 0.1) is 0 Å². The number of anilines is 1. The van der Waals surface area contributed by atoms with E-state index in [4.69, 9.17) is 9.47 Å². The number of sulfonamides is 1. The molecule has 28 heavy (non-hydrogen) atoms. The number of hydrogen-bond acceptors (Lipinski definition) is 5. The highest BCUT2D eigenvalue weighted by atomic mass is 127. The first-order valence-electron chi connectivity index (χ1n) is 9.22. The van der Waals surface area contributed by atoms with Crippen molar-refractivity contribution in [2.75, 3.05) is 35.7 Å². The summed E-state index contributed by atoms with van der Waals surface area (Å²) in [6, 6.07) is 12.7. The van der Waals surface area contributed by atoms with Crippen LogP contribution in [-0.4, -0.2) is 39.8 Å². The molecule has 0 aromatic heterocycles. The van der Waals surface area contributed by atoms with Gasteiger partial charge in [0.25, 0.3) is 10.0 Å². The number of nitrogens with one attached hydrogen (secondary N) is 1. The molecule has 1 atom stereocenters. The Morgan fingerprint density at radius 2 is 1.96 bits per heavy atom. The van der Waals surface area contributed by atoms with Crippen LogP contribution in [-0.2, 0) is 14.8 Å². The van der Waals surface area contributed by atoms with Crippen molar-refractivity contribution in [3.8, 4) is 5.75 Å². The molecule has 0 bridgehead atoms. The summed E-state index contributed by atoms with van der Waals surface area (Å²) in [7, 11) is -2.10. The van der Waals surface area contributed by atoms with Crippen molar-refractivity contribution < 1.29 is 17.9 Å². The van der Waals surface area contributed by atoms with E-state index in [-0.39, 0.29) is 10.9 Å². The highest BCUT2D eigenvalue weighted by molar-refractivity contribution is 14.1. The minimum Gasteiger partial charge on any atom is -0.483 e. The van der Waals surface area contributed by atoms with Crippen molar-refractivity contribution in [1.29, 1.82) is 0 Å². The Morgan fingerprint density at radius 3 is 2.71 bits per heavy atom. The second kappa shape index (κ2) is 9.43. The van der Waals surface area contributed by atoms with Crippen LogP contribution in [0.25, 0.3) is 0 Å². The minimum atomic E-state index is -3.70. The highest BCUT2D eigenvalue weighted by Gasteiger charge is 2.35. The number of nitrogens with zero attached hydrogens (tertiary/aromatic N) is 1. The van der Waals surface area contributed by atoms with Crippen LogP contribution < -0.4 is 14.4 Å². The van der Waals surface area contributed by atoms with Gasteiger partial charge in [-0.3, -0.25) is 4.31 Å². The van der Waals surface area contributed by atoms with Crippen molar-refractivity contribution in [2.45, 2.75) is 24.3 Å². The van der Waals surface area contributed by atoms with E-state index in [0.29, 0.717) is 35.8 Å². The van der Waals surface area contributed by atoms with Gasteiger partial charge in [-0.25, -0.2) is 8.42 Å². The molecule has 0 radical (unpaired) electrons. The number of fused-ring (bicyclic) bond motifs is 2. The molecule has 2 aromatic rings. The van der Waals surface area contributed by atoms with Crippen LogP contribution in [0.5, 0.6) is 5.75 Å². The number of alkyl halides is 1.